The molecular weight excluding hydrogens is 422 g/mol. The van der Waals surface area contributed by atoms with Crippen LogP contribution >= 0.6 is 0 Å². The number of nitrogens with two attached hydrogens (primary N) is 1. The van der Waals surface area contributed by atoms with Crippen LogP contribution in [0.1, 0.15) is 45.2 Å². The van der Waals surface area contributed by atoms with Crippen molar-refractivity contribution >= 4 is 23.2 Å². The van der Waals surface area contributed by atoms with Gasteiger partial charge in [-0.2, -0.15) is 0 Å². The van der Waals surface area contributed by atoms with Crippen LogP contribution in [0.15, 0.2) is 42.5 Å². The lowest BCUT2D eigenvalue weighted by Gasteiger charge is -2.35. The molecule has 0 aliphatic carbocycles. The first-order chi connectivity index (χ1) is 15.9. The van der Waals surface area contributed by atoms with Crippen LogP contribution in [0.25, 0.3) is 10.8 Å². The minimum atomic E-state index is -1.10. The van der Waals surface area contributed by atoms with Crippen molar-refractivity contribution in [3.63, 3.8) is 0 Å². The molecule has 2 unspecified atom stereocenters. The lowest BCUT2D eigenvalue weighted by Crippen LogP contribution is -2.46. The molecule has 0 aliphatic rings. The predicted octanol–water partition coefficient (Wildman–Crippen LogP) is 3.45. The third-order valence-electron chi connectivity index (χ3n) is 5.71. The van der Waals surface area contributed by atoms with Crippen molar-refractivity contribution in [3.8, 4) is 0 Å². The summed E-state index contributed by atoms with van der Waals surface area (Å²) in [4.78, 5) is 22.2. The van der Waals surface area contributed by atoms with E-state index in [9.17, 15) is 9.59 Å². The molecular formula is C25H37N3O5. The quantitative estimate of drug-likeness (QED) is 0.238. The average Bonchev–Trinajstić information content (AvgIpc) is 2.82. The fraction of sp³-hybridized carbons (Fsp3) is 0.520. The normalized spacial score (nSPS) is 15.2. The van der Waals surface area contributed by atoms with Gasteiger partial charge in [0, 0.05) is 37.8 Å². The third-order valence-corrected chi connectivity index (χ3v) is 5.71. The minimum absolute atomic E-state index is 0.0946. The molecule has 2 aromatic carbocycles. The van der Waals surface area contributed by atoms with E-state index in [1.165, 1.54) is 0 Å². The van der Waals surface area contributed by atoms with Crippen LogP contribution in [0.3, 0.4) is 0 Å². The van der Waals surface area contributed by atoms with Crippen molar-refractivity contribution in [2.45, 2.75) is 58.0 Å². The number of hydrogen-bond donors (Lipinski definition) is 4. The second-order valence-electron chi connectivity index (χ2n) is 8.11. The molecule has 8 heteroatoms. The molecule has 182 valence electrons. The van der Waals surface area contributed by atoms with Gasteiger partial charge >= 0.3 is 6.09 Å². The minimum Gasteiger partial charge on any atom is -0.465 e. The molecule has 0 radical (unpaired) electrons. The number of hydrogen-bond acceptors (Lipinski definition) is 6. The topological polar surface area (TPSA) is 123 Å². The number of carboxylic acid groups (broad SMARTS) is 1. The number of aldehydes is 1. The fourth-order valence-electron chi connectivity index (χ4n) is 4.05. The number of fused-ring (bicyclic) bond motifs is 1. The van der Waals surface area contributed by atoms with Gasteiger partial charge in [0.15, 0.2) is 6.29 Å². The summed E-state index contributed by atoms with van der Waals surface area (Å²) in [7, 11) is 0. The Bertz CT molecular complexity index is 867. The Morgan fingerprint density at radius 3 is 2.39 bits per heavy atom. The molecule has 1 amide bonds. The Labute approximate surface area is 195 Å². The van der Waals surface area contributed by atoms with Crippen LogP contribution in [0.4, 0.5) is 4.79 Å². The number of ether oxygens (including phenoxy) is 2. The smallest absolute Gasteiger partial charge is 0.404 e. The van der Waals surface area contributed by atoms with Crippen LogP contribution < -0.4 is 16.4 Å². The van der Waals surface area contributed by atoms with E-state index in [4.69, 9.17) is 20.3 Å². The maximum Gasteiger partial charge on any atom is 0.404 e. The van der Waals surface area contributed by atoms with Crippen LogP contribution in [-0.4, -0.2) is 55.6 Å². The summed E-state index contributed by atoms with van der Waals surface area (Å²) in [6.45, 7) is 7.13. The highest BCUT2D eigenvalue weighted by molar-refractivity contribution is 5.86. The molecule has 4 atom stereocenters. The van der Waals surface area contributed by atoms with Gasteiger partial charge in [0.05, 0.1) is 6.04 Å². The largest absolute Gasteiger partial charge is 0.465 e. The van der Waals surface area contributed by atoms with Crippen molar-refractivity contribution in [2.75, 3.05) is 19.8 Å². The highest BCUT2D eigenvalue weighted by Gasteiger charge is 2.31. The number of nitrogens with one attached hydrogen (secondary N) is 2. The summed E-state index contributed by atoms with van der Waals surface area (Å²) in [5.41, 5.74) is 6.88. The molecule has 2 aromatic rings. The van der Waals surface area contributed by atoms with Gasteiger partial charge in [-0.15, -0.1) is 0 Å². The number of amides is 1. The second kappa shape index (κ2) is 13.9. The van der Waals surface area contributed by atoms with Gasteiger partial charge < -0.3 is 35.7 Å². The first-order valence-corrected chi connectivity index (χ1v) is 11.6. The average molecular weight is 460 g/mol. The molecule has 0 saturated heterocycles. The van der Waals surface area contributed by atoms with Gasteiger partial charge in [-0.1, -0.05) is 49.4 Å². The van der Waals surface area contributed by atoms with Crippen molar-refractivity contribution in [1.29, 1.82) is 0 Å². The Balaban J connectivity index is 2.44. The Kier molecular flexibility index (Phi) is 11.3. The van der Waals surface area contributed by atoms with Crippen molar-refractivity contribution in [3.05, 3.63) is 48.0 Å². The Hall–Kier alpha value is -2.52. The summed E-state index contributed by atoms with van der Waals surface area (Å²) in [6, 6.07) is 13.3. The number of benzene rings is 2. The lowest BCUT2D eigenvalue weighted by molar-refractivity contribution is -0.170. The van der Waals surface area contributed by atoms with E-state index < -0.39 is 18.4 Å². The summed E-state index contributed by atoms with van der Waals surface area (Å²) >= 11 is 0. The zero-order chi connectivity index (χ0) is 24.2. The first-order valence-electron chi connectivity index (χ1n) is 11.6. The molecule has 33 heavy (non-hydrogen) atoms. The van der Waals surface area contributed by atoms with Crippen molar-refractivity contribution < 1.29 is 24.2 Å². The van der Waals surface area contributed by atoms with E-state index in [-0.39, 0.29) is 24.5 Å². The molecule has 2 rings (SSSR count). The third kappa shape index (κ3) is 8.08. The summed E-state index contributed by atoms with van der Waals surface area (Å²) in [5.74, 6) is -0.0946. The van der Waals surface area contributed by atoms with Gasteiger partial charge in [0.2, 0.25) is 0 Å². The highest BCUT2D eigenvalue weighted by atomic mass is 16.7. The monoisotopic (exact) mass is 459 g/mol. The Morgan fingerprint density at radius 1 is 1.09 bits per heavy atom. The summed E-state index contributed by atoms with van der Waals surface area (Å²) in [6.07, 6.45) is 0.147. The molecule has 0 aromatic heterocycles. The first kappa shape index (κ1) is 26.7. The summed E-state index contributed by atoms with van der Waals surface area (Å²) in [5, 5.41) is 17.5. The fourth-order valence-corrected chi connectivity index (χ4v) is 4.05. The molecule has 0 bridgehead atoms. The molecule has 0 heterocycles. The zero-order valence-corrected chi connectivity index (χ0v) is 19.7. The van der Waals surface area contributed by atoms with E-state index in [2.05, 4.69) is 41.8 Å². The van der Waals surface area contributed by atoms with Crippen LogP contribution in [0, 0.1) is 5.92 Å². The van der Waals surface area contributed by atoms with E-state index in [1.807, 2.05) is 32.0 Å². The lowest BCUT2D eigenvalue weighted by atomic mass is 9.89. The van der Waals surface area contributed by atoms with E-state index in [1.54, 1.807) is 0 Å². The van der Waals surface area contributed by atoms with Crippen molar-refractivity contribution in [1.82, 2.24) is 10.6 Å². The number of carbonyl (C=O) groups excluding carboxylic acids is 1. The molecule has 0 spiro atoms. The highest BCUT2D eigenvalue weighted by Crippen LogP contribution is 2.33. The van der Waals surface area contributed by atoms with Gasteiger partial charge in [-0.25, -0.2) is 4.79 Å². The molecule has 5 N–H and O–H groups in total. The van der Waals surface area contributed by atoms with Gasteiger partial charge in [-0.3, -0.25) is 0 Å². The van der Waals surface area contributed by atoms with Crippen LogP contribution in [0.2, 0.25) is 0 Å². The molecule has 0 fully saturated rings. The van der Waals surface area contributed by atoms with Gasteiger partial charge in [0.25, 0.3) is 0 Å². The maximum absolute atomic E-state index is 11.2. The number of carbonyl (C=O) groups is 2. The van der Waals surface area contributed by atoms with E-state index >= 15 is 0 Å². The van der Waals surface area contributed by atoms with Gasteiger partial charge in [-0.05, 0) is 43.0 Å². The predicted molar refractivity (Wildman–Crippen MR) is 129 cm³/mol. The number of rotatable bonds is 15. The van der Waals surface area contributed by atoms with Crippen LogP contribution in [-0.2, 0) is 14.3 Å². The van der Waals surface area contributed by atoms with Gasteiger partial charge in [0.1, 0.15) is 6.29 Å². The zero-order valence-electron chi connectivity index (χ0n) is 19.7. The second-order valence-corrected chi connectivity index (χ2v) is 8.11. The van der Waals surface area contributed by atoms with Crippen molar-refractivity contribution in [2.24, 2.45) is 11.7 Å². The molecule has 0 saturated carbocycles. The Morgan fingerprint density at radius 2 is 1.76 bits per heavy atom. The van der Waals surface area contributed by atoms with E-state index in [0.29, 0.717) is 32.3 Å². The van der Waals surface area contributed by atoms with E-state index in [0.717, 1.165) is 16.3 Å². The van der Waals surface area contributed by atoms with Crippen LogP contribution in [0.5, 0.6) is 0 Å². The standard InChI is InChI=1S/C25H37N3O5/c1-4-32-24(33-5-2)17(3)23(22-12-8-10-18-9-6-7-11-21(18)22)28-20(15-27-25(30)31)14-13-19(26)16-29/h6-12,16-17,19-20,23-24,27-28H,4-5,13-15,26H2,1-3H3,(H,30,31)/t17-,19?,20-,23?/m0/s1. The summed E-state index contributed by atoms with van der Waals surface area (Å²) < 4.78 is 11.8. The maximum atomic E-state index is 11.2. The SMILES string of the molecule is CCOC(OCC)[C@@H](C)C(N[C@@H](CCC(N)C=O)CNC(=O)O)c1cccc2ccccc12. The molecule has 8 nitrogen and oxygen atoms in total. The molecule has 0 aliphatic heterocycles.